The molecule has 27 heavy (non-hydrogen) atoms. The molecule has 0 aliphatic rings. The molecule has 7 nitrogen and oxygen atoms in total. The Morgan fingerprint density at radius 2 is 1.85 bits per heavy atom. The summed E-state index contributed by atoms with van der Waals surface area (Å²) in [7, 11) is 1.38. The zero-order valence-corrected chi connectivity index (χ0v) is 16.0. The molecule has 2 aromatic carbocycles. The Bertz CT molecular complexity index is 778. The largest absolute Gasteiger partial charge is 0.494 e. The molecule has 0 amide bonds. The predicted octanol–water partition coefficient (Wildman–Crippen LogP) is 4.23. The number of nitrogens with zero attached hydrogens (tertiary/aromatic N) is 1. The summed E-state index contributed by atoms with van der Waals surface area (Å²) >= 11 is 1.32. The minimum absolute atomic E-state index is 0.0939. The van der Waals surface area contributed by atoms with E-state index >= 15 is 0 Å². The maximum atomic E-state index is 11.9. The van der Waals surface area contributed by atoms with Gasteiger partial charge in [0.1, 0.15) is 11.5 Å². The molecule has 0 aliphatic heterocycles. The molecule has 0 aliphatic carbocycles. The second-order valence-corrected chi connectivity index (χ2v) is 6.54. The van der Waals surface area contributed by atoms with E-state index in [1.807, 2.05) is 6.92 Å². The van der Waals surface area contributed by atoms with Crippen LogP contribution >= 0.6 is 11.8 Å². The van der Waals surface area contributed by atoms with Crippen molar-refractivity contribution in [1.29, 1.82) is 0 Å². The second-order valence-electron chi connectivity index (χ2n) is 5.55. The summed E-state index contributed by atoms with van der Waals surface area (Å²) < 4.78 is 15.7. The first kappa shape index (κ1) is 20.6. The van der Waals surface area contributed by atoms with E-state index in [2.05, 4.69) is 0 Å². The number of nitro benzene ring substituents is 1. The highest BCUT2D eigenvalue weighted by Crippen LogP contribution is 2.29. The Morgan fingerprint density at radius 1 is 1.15 bits per heavy atom. The Hall–Kier alpha value is -2.74. The van der Waals surface area contributed by atoms with Crippen molar-refractivity contribution in [3.8, 4) is 17.2 Å². The monoisotopic (exact) mass is 391 g/mol. The highest BCUT2D eigenvalue weighted by Gasteiger charge is 2.15. The van der Waals surface area contributed by atoms with Gasteiger partial charge in [-0.2, -0.15) is 0 Å². The molecule has 0 saturated carbocycles. The highest BCUT2D eigenvalue weighted by atomic mass is 32.2. The average molecular weight is 391 g/mol. The lowest BCUT2D eigenvalue weighted by molar-refractivity contribution is -0.385. The molecule has 0 unspecified atom stereocenters. The van der Waals surface area contributed by atoms with Gasteiger partial charge < -0.3 is 14.2 Å². The molecule has 0 bridgehead atoms. The van der Waals surface area contributed by atoms with E-state index in [0.29, 0.717) is 18.1 Å². The quantitative estimate of drug-likeness (QED) is 0.259. The van der Waals surface area contributed by atoms with Crippen molar-refractivity contribution in [1.82, 2.24) is 0 Å². The number of thioether (sulfide) groups is 1. The number of carbonyl (C=O) groups is 1. The van der Waals surface area contributed by atoms with E-state index in [0.717, 1.165) is 17.7 Å². The lowest BCUT2D eigenvalue weighted by Crippen LogP contribution is -2.10. The zero-order valence-electron chi connectivity index (χ0n) is 15.2. The van der Waals surface area contributed by atoms with Crippen LogP contribution in [0.25, 0.3) is 0 Å². The number of benzene rings is 2. The van der Waals surface area contributed by atoms with Gasteiger partial charge in [-0.1, -0.05) is 13.0 Å². The maximum Gasteiger partial charge on any atom is 0.321 e. The number of hydrogen-bond acceptors (Lipinski definition) is 7. The first-order valence-corrected chi connectivity index (χ1v) is 9.51. The third kappa shape index (κ3) is 6.49. The molecule has 8 heteroatoms. The molecule has 0 spiro atoms. The van der Waals surface area contributed by atoms with Crippen molar-refractivity contribution >= 4 is 23.4 Å². The summed E-state index contributed by atoms with van der Waals surface area (Å²) in [4.78, 5) is 22.5. The molecule has 0 N–H and O–H groups in total. The van der Waals surface area contributed by atoms with Crippen LogP contribution in [0.5, 0.6) is 17.2 Å². The molecule has 0 radical (unpaired) electrons. The fourth-order valence-corrected chi connectivity index (χ4v) is 2.95. The summed E-state index contributed by atoms with van der Waals surface area (Å²) in [6.07, 6.45) is 0.922. The number of ether oxygens (including phenoxy) is 3. The molecule has 0 fully saturated rings. The van der Waals surface area contributed by atoms with Gasteiger partial charge in [0.05, 0.1) is 24.4 Å². The van der Waals surface area contributed by atoms with Crippen molar-refractivity contribution in [2.75, 3.05) is 19.5 Å². The molecule has 144 valence electrons. The Labute approximate surface area is 161 Å². The summed E-state index contributed by atoms with van der Waals surface area (Å²) in [6, 6.07) is 11.6. The van der Waals surface area contributed by atoms with Crippen LogP contribution < -0.4 is 14.2 Å². The average Bonchev–Trinajstić information content (AvgIpc) is 2.67. The Balaban J connectivity index is 1.82. The van der Waals surface area contributed by atoms with Crippen LogP contribution in [-0.2, 0) is 10.5 Å². The third-order valence-corrected chi connectivity index (χ3v) is 4.43. The standard InChI is InChI=1S/C19H21NO6S/c1-3-10-25-15-5-7-16(8-6-15)26-19(21)13-27-12-14-4-9-18(24-2)17(11-14)20(22)23/h4-9,11H,3,10,12-13H2,1-2H3. The molecule has 2 aromatic rings. The number of rotatable bonds is 10. The van der Waals surface area contributed by atoms with E-state index in [1.165, 1.54) is 24.9 Å². The van der Waals surface area contributed by atoms with E-state index in [4.69, 9.17) is 14.2 Å². The minimum Gasteiger partial charge on any atom is -0.494 e. The molecular weight excluding hydrogens is 370 g/mol. The van der Waals surface area contributed by atoms with Crippen molar-refractivity contribution in [3.05, 3.63) is 58.1 Å². The van der Waals surface area contributed by atoms with E-state index in [-0.39, 0.29) is 23.2 Å². The van der Waals surface area contributed by atoms with Crippen LogP contribution in [0.2, 0.25) is 0 Å². The lowest BCUT2D eigenvalue weighted by atomic mass is 10.2. The summed E-state index contributed by atoms with van der Waals surface area (Å²) in [6.45, 7) is 2.66. The van der Waals surface area contributed by atoms with Gasteiger partial charge in [-0.15, -0.1) is 11.8 Å². The van der Waals surface area contributed by atoms with Crippen molar-refractivity contribution in [3.63, 3.8) is 0 Å². The second kappa shape index (κ2) is 10.4. The van der Waals surface area contributed by atoms with Crippen molar-refractivity contribution in [2.24, 2.45) is 0 Å². The first-order valence-electron chi connectivity index (χ1n) is 8.36. The van der Waals surface area contributed by atoms with E-state index < -0.39 is 4.92 Å². The Morgan fingerprint density at radius 3 is 2.48 bits per heavy atom. The number of nitro groups is 1. The fraction of sp³-hybridized carbons (Fsp3) is 0.316. The molecule has 0 aromatic heterocycles. The van der Waals surface area contributed by atoms with Crippen LogP contribution in [0.15, 0.2) is 42.5 Å². The van der Waals surface area contributed by atoms with Crippen LogP contribution in [-0.4, -0.2) is 30.4 Å². The van der Waals surface area contributed by atoms with Crippen LogP contribution in [0, 0.1) is 10.1 Å². The van der Waals surface area contributed by atoms with Crippen LogP contribution in [0.3, 0.4) is 0 Å². The van der Waals surface area contributed by atoms with Gasteiger partial charge >= 0.3 is 11.7 Å². The molecular formula is C19H21NO6S. The van der Waals surface area contributed by atoms with Gasteiger partial charge in [0.15, 0.2) is 5.75 Å². The smallest absolute Gasteiger partial charge is 0.321 e. The summed E-state index contributed by atoms with van der Waals surface area (Å²) in [5.41, 5.74) is 0.640. The predicted molar refractivity (Wildman–Crippen MR) is 104 cm³/mol. The van der Waals surface area contributed by atoms with E-state index in [9.17, 15) is 14.9 Å². The summed E-state index contributed by atoms with van der Waals surface area (Å²) in [5, 5.41) is 11.0. The van der Waals surface area contributed by atoms with Gasteiger partial charge in [-0.25, -0.2) is 0 Å². The van der Waals surface area contributed by atoms with Gasteiger partial charge in [-0.3, -0.25) is 14.9 Å². The van der Waals surface area contributed by atoms with Crippen molar-refractivity contribution < 1.29 is 23.9 Å². The summed E-state index contributed by atoms with van der Waals surface area (Å²) in [5.74, 6) is 1.58. The highest BCUT2D eigenvalue weighted by molar-refractivity contribution is 7.99. The molecule has 2 rings (SSSR count). The minimum atomic E-state index is -0.491. The van der Waals surface area contributed by atoms with Gasteiger partial charge in [0.2, 0.25) is 0 Å². The number of methoxy groups -OCH3 is 1. The number of esters is 1. The lowest BCUT2D eigenvalue weighted by Gasteiger charge is -2.07. The molecule has 0 atom stereocenters. The number of carbonyl (C=O) groups excluding carboxylic acids is 1. The van der Waals surface area contributed by atoms with Crippen LogP contribution in [0.1, 0.15) is 18.9 Å². The van der Waals surface area contributed by atoms with Crippen molar-refractivity contribution in [2.45, 2.75) is 19.1 Å². The normalized spacial score (nSPS) is 10.3. The Kier molecular flexibility index (Phi) is 7.94. The first-order chi connectivity index (χ1) is 13.0. The van der Waals surface area contributed by atoms with Gasteiger partial charge in [0.25, 0.3) is 0 Å². The van der Waals surface area contributed by atoms with Gasteiger partial charge in [-0.05, 0) is 42.3 Å². The maximum absolute atomic E-state index is 11.9. The van der Waals surface area contributed by atoms with Crippen LogP contribution in [0.4, 0.5) is 5.69 Å². The topological polar surface area (TPSA) is 87.9 Å². The third-order valence-electron chi connectivity index (χ3n) is 3.46. The zero-order chi connectivity index (χ0) is 19.6. The van der Waals surface area contributed by atoms with E-state index in [1.54, 1.807) is 36.4 Å². The number of hydrogen-bond donors (Lipinski definition) is 0. The van der Waals surface area contributed by atoms with Gasteiger partial charge in [0, 0.05) is 11.8 Å². The fourth-order valence-electron chi connectivity index (χ4n) is 2.20. The molecule has 0 saturated heterocycles. The SMILES string of the molecule is CCCOc1ccc(OC(=O)CSCc2ccc(OC)c([N+](=O)[O-])c2)cc1. The molecule has 0 heterocycles.